The van der Waals surface area contributed by atoms with E-state index in [4.69, 9.17) is 4.42 Å². The van der Waals surface area contributed by atoms with Gasteiger partial charge in [-0.2, -0.15) is 0 Å². The van der Waals surface area contributed by atoms with Crippen molar-refractivity contribution in [3.8, 4) is 0 Å². The van der Waals surface area contributed by atoms with Crippen LogP contribution in [0.4, 0.5) is 4.39 Å². The maximum absolute atomic E-state index is 14.5. The quantitative estimate of drug-likeness (QED) is 0.659. The van der Waals surface area contributed by atoms with Crippen LogP contribution in [0.1, 0.15) is 30.4 Å². The van der Waals surface area contributed by atoms with Gasteiger partial charge in [0.2, 0.25) is 0 Å². The van der Waals surface area contributed by atoms with Gasteiger partial charge < -0.3 is 4.42 Å². The number of furan rings is 1. The molecule has 3 heteroatoms. The van der Waals surface area contributed by atoms with Crippen molar-refractivity contribution < 1.29 is 8.81 Å². The van der Waals surface area contributed by atoms with Crippen molar-refractivity contribution in [1.82, 2.24) is 4.90 Å². The predicted molar refractivity (Wildman–Crippen MR) is 94.4 cm³/mol. The number of hydrogen-bond acceptors (Lipinski definition) is 2. The van der Waals surface area contributed by atoms with E-state index in [0.717, 1.165) is 42.6 Å². The average molecular weight is 323 g/mol. The standard InChI is InChI=1S/C21H22FNO/c1-15-13-23(14-16-5-3-2-4-6-16)11-9-18(15)20-19(22)8-7-17-10-12-24-21(17)20/h2-8,10,12,15,18H,9,11,13-14H2,1H3/t15-,18-/m1/s1. The second kappa shape index (κ2) is 6.40. The highest BCUT2D eigenvalue weighted by Gasteiger charge is 2.31. The van der Waals surface area contributed by atoms with Crippen LogP contribution in [0.5, 0.6) is 0 Å². The summed E-state index contributed by atoms with van der Waals surface area (Å²) in [5, 5.41) is 0.991. The van der Waals surface area contributed by atoms with Crippen LogP contribution in [-0.4, -0.2) is 18.0 Å². The Morgan fingerprint density at radius 1 is 1.12 bits per heavy atom. The van der Waals surface area contributed by atoms with Gasteiger partial charge in [0, 0.05) is 24.0 Å². The van der Waals surface area contributed by atoms with E-state index in [2.05, 4.69) is 36.1 Å². The topological polar surface area (TPSA) is 16.4 Å². The lowest BCUT2D eigenvalue weighted by molar-refractivity contribution is 0.154. The highest BCUT2D eigenvalue weighted by molar-refractivity contribution is 5.81. The second-order valence-corrected chi connectivity index (χ2v) is 6.89. The number of piperidine rings is 1. The summed E-state index contributed by atoms with van der Waals surface area (Å²) >= 11 is 0. The van der Waals surface area contributed by atoms with Crippen LogP contribution in [0.15, 0.2) is 59.2 Å². The van der Waals surface area contributed by atoms with Crippen molar-refractivity contribution in [2.24, 2.45) is 5.92 Å². The number of nitrogens with zero attached hydrogens (tertiary/aromatic N) is 1. The molecule has 0 radical (unpaired) electrons. The molecule has 1 fully saturated rings. The van der Waals surface area contributed by atoms with Crippen molar-refractivity contribution in [3.05, 3.63) is 71.7 Å². The average Bonchev–Trinajstić information content (AvgIpc) is 3.05. The molecule has 4 rings (SSSR count). The minimum atomic E-state index is -0.134. The molecule has 0 unspecified atom stereocenters. The predicted octanol–water partition coefficient (Wildman–Crippen LogP) is 5.20. The molecule has 24 heavy (non-hydrogen) atoms. The number of fused-ring (bicyclic) bond motifs is 1. The maximum atomic E-state index is 14.5. The summed E-state index contributed by atoms with van der Waals surface area (Å²) in [4.78, 5) is 2.47. The van der Waals surface area contributed by atoms with E-state index in [1.165, 1.54) is 5.56 Å². The highest BCUT2D eigenvalue weighted by Crippen LogP contribution is 2.38. The Bertz CT molecular complexity index is 826. The zero-order chi connectivity index (χ0) is 16.5. The first-order chi connectivity index (χ1) is 11.7. The van der Waals surface area contributed by atoms with Crippen molar-refractivity contribution in [2.45, 2.75) is 25.8 Å². The summed E-state index contributed by atoms with van der Waals surface area (Å²) in [5.41, 5.74) is 2.83. The number of hydrogen-bond donors (Lipinski definition) is 0. The molecule has 2 nitrogen and oxygen atoms in total. The molecule has 1 saturated heterocycles. The summed E-state index contributed by atoms with van der Waals surface area (Å²) in [5.74, 6) is 0.477. The Kier molecular flexibility index (Phi) is 4.11. The maximum Gasteiger partial charge on any atom is 0.140 e. The summed E-state index contributed by atoms with van der Waals surface area (Å²) in [6.45, 7) is 5.16. The van der Waals surface area contributed by atoms with Gasteiger partial charge in [0.1, 0.15) is 11.4 Å². The molecule has 3 aromatic rings. The molecule has 0 aliphatic carbocycles. The fourth-order valence-electron chi connectivity index (χ4n) is 4.02. The SMILES string of the molecule is C[C@@H]1CN(Cc2ccccc2)CC[C@H]1c1c(F)ccc2ccoc12. The first kappa shape index (κ1) is 15.4. The highest BCUT2D eigenvalue weighted by atomic mass is 19.1. The molecule has 2 atom stereocenters. The monoisotopic (exact) mass is 323 g/mol. The zero-order valence-electron chi connectivity index (χ0n) is 13.9. The Balaban J connectivity index is 1.54. The molecule has 1 aliphatic rings. The van der Waals surface area contributed by atoms with E-state index in [9.17, 15) is 4.39 Å². The summed E-state index contributed by atoms with van der Waals surface area (Å²) in [6, 6.07) is 15.8. The molecule has 2 heterocycles. The summed E-state index contributed by atoms with van der Waals surface area (Å²) < 4.78 is 20.1. The number of rotatable bonds is 3. The van der Waals surface area contributed by atoms with Gasteiger partial charge in [-0.15, -0.1) is 0 Å². The van der Waals surface area contributed by atoms with Crippen LogP contribution < -0.4 is 0 Å². The summed E-state index contributed by atoms with van der Waals surface area (Å²) in [6.07, 6.45) is 2.62. The van der Waals surface area contributed by atoms with Gasteiger partial charge in [0.15, 0.2) is 0 Å². The lowest BCUT2D eigenvalue weighted by Gasteiger charge is -2.37. The number of likely N-dealkylation sites (tertiary alicyclic amines) is 1. The summed E-state index contributed by atoms with van der Waals surface area (Å²) in [7, 11) is 0. The van der Waals surface area contributed by atoms with Crippen molar-refractivity contribution >= 4 is 11.0 Å². The van der Waals surface area contributed by atoms with Crippen LogP contribution in [0.25, 0.3) is 11.0 Å². The van der Waals surface area contributed by atoms with Gasteiger partial charge in [0.05, 0.1) is 6.26 Å². The van der Waals surface area contributed by atoms with Crippen LogP contribution in [-0.2, 0) is 6.54 Å². The minimum Gasteiger partial charge on any atom is -0.464 e. The Labute approximate surface area is 141 Å². The molecule has 0 N–H and O–H groups in total. The third kappa shape index (κ3) is 2.84. The van der Waals surface area contributed by atoms with Gasteiger partial charge in [-0.05, 0) is 48.6 Å². The fraction of sp³-hybridized carbons (Fsp3) is 0.333. The lowest BCUT2D eigenvalue weighted by Crippen LogP contribution is -2.38. The van der Waals surface area contributed by atoms with Crippen molar-refractivity contribution in [2.75, 3.05) is 13.1 Å². The number of halogens is 1. The van der Waals surface area contributed by atoms with Crippen molar-refractivity contribution in [1.29, 1.82) is 0 Å². The van der Waals surface area contributed by atoms with E-state index in [0.29, 0.717) is 5.92 Å². The van der Waals surface area contributed by atoms with Crippen molar-refractivity contribution in [3.63, 3.8) is 0 Å². The molecular formula is C21H22FNO. The molecule has 1 aliphatic heterocycles. The Hall–Kier alpha value is -2.13. The molecule has 1 aromatic heterocycles. The van der Waals surface area contributed by atoms with Gasteiger partial charge in [-0.25, -0.2) is 4.39 Å². The van der Waals surface area contributed by atoms with Gasteiger partial charge >= 0.3 is 0 Å². The molecule has 0 saturated carbocycles. The molecule has 124 valence electrons. The Morgan fingerprint density at radius 2 is 1.96 bits per heavy atom. The van der Waals surface area contributed by atoms with E-state index >= 15 is 0 Å². The van der Waals surface area contributed by atoms with E-state index in [1.807, 2.05) is 12.1 Å². The third-order valence-electron chi connectivity index (χ3n) is 5.22. The molecule has 0 spiro atoms. The molecular weight excluding hydrogens is 301 g/mol. The van der Waals surface area contributed by atoms with Crippen LogP contribution in [0.2, 0.25) is 0 Å². The molecule has 2 aromatic carbocycles. The third-order valence-corrected chi connectivity index (χ3v) is 5.22. The fourth-order valence-corrected chi connectivity index (χ4v) is 4.02. The van der Waals surface area contributed by atoms with E-state index in [-0.39, 0.29) is 11.7 Å². The first-order valence-corrected chi connectivity index (χ1v) is 8.64. The van der Waals surface area contributed by atoms with Gasteiger partial charge in [0.25, 0.3) is 0 Å². The van der Waals surface area contributed by atoms with Crippen LogP contribution in [0, 0.1) is 11.7 Å². The normalized spacial score (nSPS) is 22.1. The van der Waals surface area contributed by atoms with E-state index < -0.39 is 0 Å². The van der Waals surface area contributed by atoms with Crippen LogP contribution in [0.3, 0.4) is 0 Å². The lowest BCUT2D eigenvalue weighted by atomic mass is 9.80. The molecule has 0 bridgehead atoms. The van der Waals surface area contributed by atoms with Crippen LogP contribution >= 0.6 is 0 Å². The first-order valence-electron chi connectivity index (χ1n) is 8.64. The zero-order valence-corrected chi connectivity index (χ0v) is 13.9. The second-order valence-electron chi connectivity index (χ2n) is 6.89. The largest absolute Gasteiger partial charge is 0.464 e. The van der Waals surface area contributed by atoms with Gasteiger partial charge in [-0.3, -0.25) is 4.90 Å². The smallest absolute Gasteiger partial charge is 0.140 e. The Morgan fingerprint density at radius 3 is 2.75 bits per heavy atom. The number of benzene rings is 2. The van der Waals surface area contributed by atoms with E-state index in [1.54, 1.807) is 18.4 Å². The minimum absolute atomic E-state index is 0.134. The molecule has 0 amide bonds. The van der Waals surface area contributed by atoms with Gasteiger partial charge in [-0.1, -0.05) is 37.3 Å².